The summed E-state index contributed by atoms with van der Waals surface area (Å²) in [6, 6.07) is 14.8. The normalized spacial score (nSPS) is 16.0. The summed E-state index contributed by atoms with van der Waals surface area (Å²) in [5, 5.41) is 2.21. The molecule has 6 heteroatoms. The van der Waals surface area contributed by atoms with Crippen LogP contribution in [0.2, 0.25) is 0 Å². The van der Waals surface area contributed by atoms with Crippen LogP contribution in [0.1, 0.15) is 18.9 Å². The van der Waals surface area contributed by atoms with Gasteiger partial charge in [-0.25, -0.2) is 9.69 Å². The molecule has 2 aromatic rings. The second kappa shape index (κ2) is 7.65. The van der Waals surface area contributed by atoms with Gasteiger partial charge in [0.05, 0.1) is 12.3 Å². The second-order valence-electron chi connectivity index (χ2n) is 5.68. The molecule has 2 aromatic carbocycles. The molecule has 1 fully saturated rings. The number of imide groups is 2. The summed E-state index contributed by atoms with van der Waals surface area (Å²) in [5.41, 5.74) is 0.867. The third-order valence-electron chi connectivity index (χ3n) is 3.80. The number of para-hydroxylation sites is 2. The molecule has 0 aliphatic carbocycles. The number of carbonyl (C=O) groups is 3. The van der Waals surface area contributed by atoms with Crippen LogP contribution < -0.4 is 15.0 Å². The van der Waals surface area contributed by atoms with Gasteiger partial charge in [0.2, 0.25) is 0 Å². The number of ether oxygens (including phenoxy) is 1. The maximum atomic E-state index is 12.8. The third-order valence-corrected chi connectivity index (χ3v) is 3.80. The van der Waals surface area contributed by atoms with E-state index in [-0.39, 0.29) is 5.57 Å². The van der Waals surface area contributed by atoms with Crippen molar-refractivity contribution in [3.63, 3.8) is 0 Å². The van der Waals surface area contributed by atoms with E-state index >= 15 is 0 Å². The van der Waals surface area contributed by atoms with E-state index in [4.69, 9.17) is 4.74 Å². The summed E-state index contributed by atoms with van der Waals surface area (Å²) in [4.78, 5) is 38.1. The number of rotatable bonds is 5. The lowest BCUT2D eigenvalue weighted by Gasteiger charge is -2.26. The highest BCUT2D eigenvalue weighted by molar-refractivity contribution is 6.39. The quantitative estimate of drug-likeness (QED) is 0.664. The Hall–Kier alpha value is -3.41. The van der Waals surface area contributed by atoms with E-state index in [0.717, 1.165) is 11.3 Å². The second-order valence-corrected chi connectivity index (χ2v) is 5.68. The van der Waals surface area contributed by atoms with Crippen molar-refractivity contribution in [3.05, 3.63) is 65.7 Å². The summed E-state index contributed by atoms with van der Waals surface area (Å²) in [5.74, 6) is -0.821. The molecule has 3 rings (SSSR count). The first-order valence-corrected chi connectivity index (χ1v) is 8.30. The minimum absolute atomic E-state index is 0.124. The van der Waals surface area contributed by atoms with Crippen LogP contribution in [0.15, 0.2) is 60.2 Å². The monoisotopic (exact) mass is 350 g/mol. The largest absolute Gasteiger partial charge is 0.493 e. The Morgan fingerprint density at radius 1 is 1.00 bits per heavy atom. The molecule has 0 aromatic heterocycles. The van der Waals surface area contributed by atoms with Crippen molar-refractivity contribution >= 4 is 29.6 Å². The van der Waals surface area contributed by atoms with Gasteiger partial charge in [0.15, 0.2) is 0 Å². The minimum Gasteiger partial charge on any atom is -0.493 e. The van der Waals surface area contributed by atoms with E-state index in [1.807, 2.05) is 13.0 Å². The van der Waals surface area contributed by atoms with Gasteiger partial charge < -0.3 is 4.74 Å². The Labute approximate surface area is 151 Å². The van der Waals surface area contributed by atoms with Gasteiger partial charge in [-0.05, 0) is 30.7 Å². The maximum Gasteiger partial charge on any atom is 0.335 e. The number of benzene rings is 2. The summed E-state index contributed by atoms with van der Waals surface area (Å²) in [6.07, 6.45) is 2.28. The molecule has 0 spiro atoms. The first-order chi connectivity index (χ1) is 12.6. The van der Waals surface area contributed by atoms with Gasteiger partial charge in [-0.3, -0.25) is 14.9 Å². The van der Waals surface area contributed by atoms with Crippen LogP contribution in [0.25, 0.3) is 6.08 Å². The number of anilines is 1. The first kappa shape index (κ1) is 17.4. The zero-order valence-electron chi connectivity index (χ0n) is 14.3. The van der Waals surface area contributed by atoms with Gasteiger partial charge in [0.1, 0.15) is 11.3 Å². The van der Waals surface area contributed by atoms with Gasteiger partial charge in [-0.15, -0.1) is 0 Å². The molecular formula is C20H18N2O4. The van der Waals surface area contributed by atoms with Crippen LogP contribution in [0.5, 0.6) is 5.75 Å². The molecule has 1 N–H and O–H groups in total. The van der Waals surface area contributed by atoms with Crippen molar-refractivity contribution in [2.75, 3.05) is 11.5 Å². The number of carbonyl (C=O) groups excluding carboxylic acids is 3. The molecule has 132 valence electrons. The average Bonchev–Trinajstić information content (AvgIpc) is 2.65. The number of hydrogen-bond donors (Lipinski definition) is 1. The molecule has 26 heavy (non-hydrogen) atoms. The highest BCUT2D eigenvalue weighted by Gasteiger charge is 2.36. The van der Waals surface area contributed by atoms with Crippen molar-refractivity contribution in [2.45, 2.75) is 13.3 Å². The number of amides is 4. The van der Waals surface area contributed by atoms with E-state index in [0.29, 0.717) is 23.6 Å². The van der Waals surface area contributed by atoms with Gasteiger partial charge >= 0.3 is 6.03 Å². The number of barbiturate groups is 1. The van der Waals surface area contributed by atoms with Crippen molar-refractivity contribution in [1.82, 2.24) is 5.32 Å². The summed E-state index contributed by atoms with van der Waals surface area (Å²) in [7, 11) is 0. The highest BCUT2D eigenvalue weighted by Crippen LogP contribution is 2.25. The third kappa shape index (κ3) is 3.49. The maximum absolute atomic E-state index is 12.8. The molecule has 1 heterocycles. The molecule has 0 atom stereocenters. The van der Waals surface area contributed by atoms with E-state index in [2.05, 4.69) is 5.32 Å². The Kier molecular flexibility index (Phi) is 5.12. The van der Waals surface area contributed by atoms with Crippen LogP contribution in [0.4, 0.5) is 10.5 Å². The Bertz CT molecular complexity index is 874. The van der Waals surface area contributed by atoms with Crippen LogP contribution in [-0.4, -0.2) is 24.5 Å². The predicted molar refractivity (Wildman–Crippen MR) is 97.7 cm³/mol. The fourth-order valence-corrected chi connectivity index (χ4v) is 2.57. The SMILES string of the molecule is CCCOc1ccccc1/C=C1\C(=O)NC(=O)N(c2ccccc2)C1=O. The summed E-state index contributed by atoms with van der Waals surface area (Å²) >= 11 is 0. The van der Waals surface area contributed by atoms with Crippen molar-refractivity contribution in [2.24, 2.45) is 0 Å². The lowest BCUT2D eigenvalue weighted by atomic mass is 10.1. The number of nitrogens with zero attached hydrogens (tertiary/aromatic N) is 1. The lowest BCUT2D eigenvalue weighted by Crippen LogP contribution is -2.54. The topological polar surface area (TPSA) is 75.7 Å². The molecule has 1 aliphatic rings. The summed E-state index contributed by atoms with van der Waals surface area (Å²) in [6.45, 7) is 2.51. The molecule has 4 amide bonds. The lowest BCUT2D eigenvalue weighted by molar-refractivity contribution is -0.122. The zero-order valence-corrected chi connectivity index (χ0v) is 14.3. The van der Waals surface area contributed by atoms with Crippen molar-refractivity contribution < 1.29 is 19.1 Å². The molecule has 1 saturated heterocycles. The predicted octanol–water partition coefficient (Wildman–Crippen LogP) is 3.14. The van der Waals surface area contributed by atoms with Crippen molar-refractivity contribution in [1.29, 1.82) is 0 Å². The smallest absolute Gasteiger partial charge is 0.335 e. The van der Waals surface area contributed by atoms with Crippen LogP contribution in [0.3, 0.4) is 0 Å². The molecular weight excluding hydrogens is 332 g/mol. The van der Waals surface area contributed by atoms with E-state index in [1.54, 1.807) is 48.5 Å². The van der Waals surface area contributed by atoms with Gasteiger partial charge in [-0.2, -0.15) is 0 Å². The summed E-state index contributed by atoms with van der Waals surface area (Å²) < 4.78 is 5.66. The first-order valence-electron chi connectivity index (χ1n) is 8.30. The van der Waals surface area contributed by atoms with Crippen LogP contribution in [0, 0.1) is 0 Å². The fourth-order valence-electron chi connectivity index (χ4n) is 2.57. The molecule has 0 unspecified atom stereocenters. The van der Waals surface area contributed by atoms with Gasteiger partial charge in [0, 0.05) is 5.56 Å². The number of nitrogens with one attached hydrogen (secondary N) is 1. The van der Waals surface area contributed by atoms with Crippen molar-refractivity contribution in [3.8, 4) is 5.75 Å². The highest BCUT2D eigenvalue weighted by atomic mass is 16.5. The molecule has 6 nitrogen and oxygen atoms in total. The van der Waals surface area contributed by atoms with Crippen LogP contribution in [-0.2, 0) is 9.59 Å². The fraction of sp³-hybridized carbons (Fsp3) is 0.150. The Morgan fingerprint density at radius 2 is 1.69 bits per heavy atom. The van der Waals surface area contributed by atoms with Gasteiger partial charge in [-0.1, -0.05) is 43.3 Å². The molecule has 0 radical (unpaired) electrons. The zero-order chi connectivity index (χ0) is 18.5. The molecule has 1 aliphatic heterocycles. The van der Waals surface area contributed by atoms with E-state index in [1.165, 1.54) is 6.08 Å². The average molecular weight is 350 g/mol. The molecule has 0 saturated carbocycles. The number of urea groups is 1. The van der Waals surface area contributed by atoms with Gasteiger partial charge in [0.25, 0.3) is 11.8 Å². The Morgan fingerprint density at radius 3 is 2.42 bits per heavy atom. The van der Waals surface area contributed by atoms with E-state index < -0.39 is 17.8 Å². The number of hydrogen-bond acceptors (Lipinski definition) is 4. The van der Waals surface area contributed by atoms with E-state index in [9.17, 15) is 14.4 Å². The minimum atomic E-state index is -0.765. The Balaban J connectivity index is 1.99. The molecule has 0 bridgehead atoms. The van der Waals surface area contributed by atoms with Crippen LogP contribution >= 0.6 is 0 Å². The standard InChI is InChI=1S/C20H18N2O4/c1-2-12-26-17-11-7-6-8-14(17)13-16-18(23)21-20(25)22(19(16)24)15-9-4-3-5-10-15/h3-11,13H,2,12H2,1H3,(H,21,23,25)/b16-13+.